The van der Waals surface area contributed by atoms with Gasteiger partial charge in [-0.05, 0) is 24.6 Å². The third kappa shape index (κ3) is 4.81. The van der Waals surface area contributed by atoms with Gasteiger partial charge in [0.1, 0.15) is 34.3 Å². The molecule has 0 bridgehead atoms. The lowest BCUT2D eigenvalue weighted by Crippen LogP contribution is -2.36. The largest absolute Gasteiger partial charge is 0.508 e. The molecule has 1 aromatic heterocycles. The summed E-state index contributed by atoms with van der Waals surface area (Å²) in [5.74, 6) is 0.571. The Morgan fingerprint density at radius 1 is 1.22 bits per heavy atom. The van der Waals surface area contributed by atoms with Gasteiger partial charge in [-0.3, -0.25) is 0 Å². The van der Waals surface area contributed by atoms with E-state index in [9.17, 15) is 20.4 Å². The topological polar surface area (TPSA) is 148 Å². The lowest BCUT2D eigenvalue weighted by molar-refractivity contribution is 0.242. The Morgan fingerprint density at radius 3 is 2.48 bits per heavy atom. The zero-order chi connectivity index (χ0) is 19.8. The Morgan fingerprint density at radius 2 is 1.89 bits per heavy atom. The first-order chi connectivity index (χ1) is 13.0. The van der Waals surface area contributed by atoms with Crippen LogP contribution in [-0.4, -0.2) is 35.0 Å². The highest BCUT2D eigenvalue weighted by molar-refractivity contribution is 7.99. The van der Waals surface area contributed by atoms with E-state index in [-0.39, 0.29) is 28.7 Å². The molecule has 1 aromatic carbocycles. The first-order valence-electron chi connectivity index (χ1n) is 8.09. The number of anilines is 1. The summed E-state index contributed by atoms with van der Waals surface area (Å²) < 4.78 is 0. The minimum Gasteiger partial charge on any atom is -0.508 e. The maximum Gasteiger partial charge on any atom is 0.314 e. The number of hydrogen-bond acceptors (Lipinski definition) is 7. The zero-order valence-electron chi connectivity index (χ0n) is 14.6. The van der Waals surface area contributed by atoms with Gasteiger partial charge < -0.3 is 21.5 Å². The van der Waals surface area contributed by atoms with E-state index in [0.717, 1.165) is 0 Å². The molecule has 0 radical (unpaired) electrons. The van der Waals surface area contributed by atoms with Crippen LogP contribution in [0.3, 0.4) is 0 Å². The number of phenols is 1. The van der Waals surface area contributed by atoms with Crippen molar-refractivity contribution < 1.29 is 9.90 Å². The molecule has 0 aliphatic heterocycles. The minimum atomic E-state index is -0.268. The van der Waals surface area contributed by atoms with Gasteiger partial charge in [0.05, 0.1) is 5.56 Å². The number of nitrogens with two attached hydrogens (primary N) is 1. The number of urea groups is 1. The molecule has 5 N–H and O–H groups in total. The number of carbonyl (C=O) groups excluding carboxylic acids is 1. The number of nitriles is 2. The monoisotopic (exact) mass is 382 g/mol. The van der Waals surface area contributed by atoms with Crippen LogP contribution in [0.15, 0.2) is 29.3 Å². The Hall–Kier alpha value is -3.43. The number of aromatic nitrogens is 1. The van der Waals surface area contributed by atoms with E-state index in [1.807, 2.05) is 13.0 Å². The van der Waals surface area contributed by atoms with Gasteiger partial charge in [0.15, 0.2) is 0 Å². The van der Waals surface area contributed by atoms with Gasteiger partial charge in [0.2, 0.25) is 0 Å². The van der Waals surface area contributed by atoms with Crippen LogP contribution in [0.2, 0.25) is 0 Å². The molecular weight excluding hydrogens is 364 g/mol. The number of hydrogen-bond donors (Lipinski definition) is 4. The number of amides is 2. The van der Waals surface area contributed by atoms with Crippen molar-refractivity contribution in [2.24, 2.45) is 0 Å². The highest BCUT2D eigenvalue weighted by Gasteiger charge is 2.20. The molecular formula is C18H18N6O2S. The summed E-state index contributed by atoms with van der Waals surface area (Å²) >= 11 is 1.26. The molecule has 2 aromatic rings. The van der Waals surface area contributed by atoms with Gasteiger partial charge in [0, 0.05) is 24.4 Å². The quantitative estimate of drug-likeness (QED) is 0.442. The molecule has 8 nitrogen and oxygen atoms in total. The van der Waals surface area contributed by atoms with Gasteiger partial charge in [-0.25, -0.2) is 9.78 Å². The van der Waals surface area contributed by atoms with Crippen molar-refractivity contribution >= 4 is 23.6 Å². The van der Waals surface area contributed by atoms with Crippen molar-refractivity contribution in [3.8, 4) is 29.0 Å². The second-order valence-corrected chi connectivity index (χ2v) is 6.42. The number of nitrogens with zero attached hydrogens (tertiary/aromatic N) is 3. The van der Waals surface area contributed by atoms with Crippen LogP contribution in [0.1, 0.15) is 18.1 Å². The predicted molar refractivity (Wildman–Crippen MR) is 103 cm³/mol. The predicted octanol–water partition coefficient (Wildman–Crippen LogP) is 2.19. The summed E-state index contributed by atoms with van der Waals surface area (Å²) in [7, 11) is 0. The number of aromatic hydroxyl groups is 1. The fraction of sp³-hybridized carbons (Fsp3) is 0.222. The maximum absolute atomic E-state index is 11.4. The molecule has 9 heteroatoms. The van der Waals surface area contributed by atoms with Gasteiger partial charge in [-0.1, -0.05) is 12.1 Å². The van der Waals surface area contributed by atoms with E-state index in [1.54, 1.807) is 12.1 Å². The van der Waals surface area contributed by atoms with Gasteiger partial charge >= 0.3 is 6.03 Å². The molecule has 0 saturated heterocycles. The highest BCUT2D eigenvalue weighted by Crippen LogP contribution is 2.35. The summed E-state index contributed by atoms with van der Waals surface area (Å²) in [4.78, 5) is 15.6. The summed E-state index contributed by atoms with van der Waals surface area (Å²) in [5.41, 5.74) is 7.24. The normalized spacial score (nSPS) is 9.89. The Labute approximate surface area is 161 Å². The first-order valence-corrected chi connectivity index (χ1v) is 9.07. The number of rotatable bonds is 6. The highest BCUT2D eigenvalue weighted by atomic mass is 32.2. The van der Waals surface area contributed by atoms with Crippen molar-refractivity contribution in [2.45, 2.75) is 11.9 Å². The van der Waals surface area contributed by atoms with E-state index >= 15 is 0 Å². The third-order valence-electron chi connectivity index (χ3n) is 3.54. The second-order valence-electron chi connectivity index (χ2n) is 5.33. The van der Waals surface area contributed by atoms with E-state index in [0.29, 0.717) is 35.0 Å². The van der Waals surface area contributed by atoms with Crippen LogP contribution in [0.4, 0.5) is 10.6 Å². The molecule has 138 valence electrons. The van der Waals surface area contributed by atoms with Gasteiger partial charge in [0.25, 0.3) is 0 Å². The first kappa shape index (κ1) is 19.9. The average Bonchev–Trinajstić information content (AvgIpc) is 2.65. The van der Waals surface area contributed by atoms with Crippen molar-refractivity contribution in [3.63, 3.8) is 0 Å². The fourth-order valence-electron chi connectivity index (χ4n) is 2.35. The lowest BCUT2D eigenvalue weighted by atomic mass is 9.97. The molecule has 27 heavy (non-hydrogen) atoms. The van der Waals surface area contributed by atoms with Crippen molar-refractivity contribution in [1.29, 1.82) is 10.5 Å². The van der Waals surface area contributed by atoms with Crippen molar-refractivity contribution in [2.75, 3.05) is 24.6 Å². The van der Waals surface area contributed by atoms with Crippen molar-refractivity contribution in [1.82, 2.24) is 15.6 Å². The number of nitrogen functional groups attached to an aromatic ring is 1. The fourth-order valence-corrected chi connectivity index (χ4v) is 3.21. The SMILES string of the molecule is CCNC(=O)NCCSc1nc(N)c(C#N)c(-c2ccc(O)cc2)c1C#N. The number of pyridine rings is 1. The van der Waals surface area contributed by atoms with E-state index < -0.39 is 0 Å². The Balaban J connectivity index is 2.34. The smallest absolute Gasteiger partial charge is 0.314 e. The molecule has 2 amide bonds. The molecule has 0 atom stereocenters. The Kier molecular flexibility index (Phi) is 6.86. The average molecular weight is 382 g/mol. The number of benzene rings is 1. The van der Waals surface area contributed by atoms with Crippen LogP contribution >= 0.6 is 11.8 Å². The maximum atomic E-state index is 11.4. The molecule has 1 heterocycles. The number of thioether (sulfide) groups is 1. The van der Waals surface area contributed by atoms with Crippen LogP contribution in [0, 0.1) is 22.7 Å². The van der Waals surface area contributed by atoms with E-state index in [2.05, 4.69) is 21.7 Å². The molecule has 0 unspecified atom stereocenters. The molecule has 0 aliphatic carbocycles. The van der Waals surface area contributed by atoms with E-state index in [1.165, 1.54) is 23.9 Å². The number of phenolic OH excluding ortho intramolecular Hbond substituents is 1. The van der Waals surface area contributed by atoms with Crippen LogP contribution in [-0.2, 0) is 0 Å². The second kappa shape index (κ2) is 9.32. The van der Waals surface area contributed by atoms with Crippen LogP contribution < -0.4 is 16.4 Å². The van der Waals surface area contributed by atoms with Crippen LogP contribution in [0.25, 0.3) is 11.1 Å². The molecule has 0 saturated carbocycles. The molecule has 0 fully saturated rings. The standard InChI is InChI=1S/C18H18N6O2S/c1-2-22-18(26)23-7-8-27-17-14(10-20)15(13(9-19)16(21)24-17)11-3-5-12(25)6-4-11/h3-6,25H,2,7-8H2,1H3,(H2,21,24)(H2,22,23,26). The number of carbonyl (C=O) groups is 1. The Bertz CT molecular complexity index is 915. The third-order valence-corrected chi connectivity index (χ3v) is 4.51. The summed E-state index contributed by atoms with van der Waals surface area (Å²) in [6, 6.07) is 9.98. The molecule has 2 rings (SSSR count). The lowest BCUT2D eigenvalue weighted by Gasteiger charge is -2.13. The number of nitrogens with one attached hydrogen (secondary N) is 2. The van der Waals surface area contributed by atoms with Crippen LogP contribution in [0.5, 0.6) is 5.75 Å². The molecule has 0 aliphatic rings. The summed E-state index contributed by atoms with van der Waals surface area (Å²) in [6.45, 7) is 2.72. The summed E-state index contributed by atoms with van der Waals surface area (Å²) in [5, 5.41) is 34.3. The van der Waals surface area contributed by atoms with Crippen molar-refractivity contribution in [3.05, 3.63) is 35.4 Å². The van der Waals surface area contributed by atoms with Gasteiger partial charge in [-0.15, -0.1) is 11.8 Å². The van der Waals surface area contributed by atoms with Gasteiger partial charge in [-0.2, -0.15) is 10.5 Å². The summed E-state index contributed by atoms with van der Waals surface area (Å²) in [6.07, 6.45) is 0. The molecule has 0 spiro atoms. The minimum absolute atomic E-state index is 0.0266. The zero-order valence-corrected chi connectivity index (χ0v) is 15.4. The van der Waals surface area contributed by atoms with E-state index in [4.69, 9.17) is 5.73 Å².